The molecule has 0 aromatic carbocycles. The average Bonchev–Trinajstić information content (AvgIpc) is 3.17. The molecule has 5 nitrogen and oxygen atoms in total. The molecule has 2 atom stereocenters. The van der Waals surface area contributed by atoms with Crippen LogP contribution >= 0.6 is 0 Å². The first-order chi connectivity index (χ1) is 9.66. The van der Waals surface area contributed by atoms with E-state index < -0.39 is 0 Å². The average molecular weight is 278 g/mol. The third-order valence-corrected chi connectivity index (χ3v) is 4.21. The lowest BCUT2D eigenvalue weighted by Crippen LogP contribution is -2.38. The van der Waals surface area contributed by atoms with Crippen LogP contribution in [0.2, 0.25) is 0 Å². The van der Waals surface area contributed by atoms with Gasteiger partial charge in [0.15, 0.2) is 5.76 Å². The standard InChI is InChI=1S/C15H22N2O3/c1-10(2)11-9-14(20-16-11)12-5-3-7-17(12)15(18)13-6-4-8-19-13/h9-10,12-13H,3-8H2,1-2H3. The summed E-state index contributed by atoms with van der Waals surface area (Å²) in [5.41, 5.74) is 0.955. The van der Waals surface area contributed by atoms with Crippen LogP contribution in [-0.2, 0) is 9.53 Å². The van der Waals surface area contributed by atoms with Crippen LogP contribution in [-0.4, -0.2) is 35.2 Å². The monoisotopic (exact) mass is 278 g/mol. The van der Waals surface area contributed by atoms with E-state index in [4.69, 9.17) is 9.26 Å². The minimum atomic E-state index is -0.247. The Morgan fingerprint density at radius 1 is 1.40 bits per heavy atom. The number of hydrogen-bond donors (Lipinski definition) is 0. The van der Waals surface area contributed by atoms with Gasteiger partial charge in [0, 0.05) is 19.2 Å². The van der Waals surface area contributed by atoms with Gasteiger partial charge in [-0.2, -0.15) is 0 Å². The molecule has 3 rings (SSSR count). The predicted octanol–water partition coefficient (Wildman–Crippen LogP) is 2.64. The molecule has 0 radical (unpaired) electrons. The van der Waals surface area contributed by atoms with Crippen molar-refractivity contribution in [2.24, 2.45) is 0 Å². The zero-order valence-corrected chi connectivity index (χ0v) is 12.2. The molecule has 2 saturated heterocycles. The fraction of sp³-hybridized carbons (Fsp3) is 0.733. The number of nitrogens with zero attached hydrogens (tertiary/aromatic N) is 2. The molecule has 2 aliphatic heterocycles. The van der Waals surface area contributed by atoms with Crippen molar-refractivity contribution in [2.75, 3.05) is 13.2 Å². The van der Waals surface area contributed by atoms with Crippen LogP contribution in [0.3, 0.4) is 0 Å². The normalized spacial score (nSPS) is 26.6. The number of aromatic nitrogens is 1. The molecule has 1 amide bonds. The molecular formula is C15H22N2O3. The van der Waals surface area contributed by atoms with E-state index in [1.165, 1.54) is 0 Å². The van der Waals surface area contributed by atoms with E-state index in [2.05, 4.69) is 19.0 Å². The quantitative estimate of drug-likeness (QED) is 0.853. The van der Waals surface area contributed by atoms with Gasteiger partial charge in [0.2, 0.25) is 0 Å². The van der Waals surface area contributed by atoms with E-state index >= 15 is 0 Å². The number of carbonyl (C=O) groups is 1. The molecule has 0 bridgehead atoms. The zero-order chi connectivity index (χ0) is 14.1. The Labute approximate surface area is 119 Å². The van der Waals surface area contributed by atoms with Crippen LogP contribution in [0.25, 0.3) is 0 Å². The lowest BCUT2D eigenvalue weighted by molar-refractivity contribution is -0.142. The number of amides is 1. The SMILES string of the molecule is CC(C)c1cc(C2CCCN2C(=O)C2CCCO2)on1. The van der Waals surface area contributed by atoms with E-state index in [1.54, 1.807) is 0 Å². The molecule has 20 heavy (non-hydrogen) atoms. The summed E-state index contributed by atoms with van der Waals surface area (Å²) >= 11 is 0. The molecule has 3 heterocycles. The maximum atomic E-state index is 12.5. The maximum absolute atomic E-state index is 12.5. The van der Waals surface area contributed by atoms with Crippen molar-refractivity contribution in [1.82, 2.24) is 10.1 Å². The van der Waals surface area contributed by atoms with Crippen molar-refractivity contribution in [3.05, 3.63) is 17.5 Å². The van der Waals surface area contributed by atoms with Crippen molar-refractivity contribution >= 4 is 5.91 Å². The third-order valence-electron chi connectivity index (χ3n) is 4.21. The van der Waals surface area contributed by atoms with Crippen LogP contribution in [0.4, 0.5) is 0 Å². The van der Waals surface area contributed by atoms with Gasteiger partial charge in [0.25, 0.3) is 5.91 Å². The molecule has 2 fully saturated rings. The Hall–Kier alpha value is -1.36. The summed E-state index contributed by atoms with van der Waals surface area (Å²) in [6.07, 6.45) is 3.54. The number of rotatable bonds is 3. The molecular weight excluding hydrogens is 256 g/mol. The van der Waals surface area contributed by atoms with E-state index in [0.29, 0.717) is 12.5 Å². The van der Waals surface area contributed by atoms with Gasteiger partial charge >= 0.3 is 0 Å². The molecule has 0 saturated carbocycles. The van der Waals surface area contributed by atoms with Crippen LogP contribution < -0.4 is 0 Å². The first-order valence-corrected chi connectivity index (χ1v) is 7.55. The Bertz CT molecular complexity index is 477. The highest BCUT2D eigenvalue weighted by atomic mass is 16.5. The van der Waals surface area contributed by atoms with Gasteiger partial charge in [0.05, 0.1) is 11.7 Å². The van der Waals surface area contributed by atoms with Gasteiger partial charge in [-0.3, -0.25) is 4.79 Å². The maximum Gasteiger partial charge on any atom is 0.252 e. The van der Waals surface area contributed by atoms with Crippen molar-refractivity contribution in [3.8, 4) is 0 Å². The van der Waals surface area contributed by atoms with Crippen LogP contribution in [0.5, 0.6) is 0 Å². The first kappa shape index (κ1) is 13.6. The highest BCUT2D eigenvalue weighted by molar-refractivity contribution is 5.81. The minimum Gasteiger partial charge on any atom is -0.368 e. The smallest absolute Gasteiger partial charge is 0.252 e. The second kappa shape index (κ2) is 5.56. The number of hydrogen-bond acceptors (Lipinski definition) is 4. The molecule has 5 heteroatoms. The van der Waals surface area contributed by atoms with Gasteiger partial charge in [-0.1, -0.05) is 19.0 Å². The van der Waals surface area contributed by atoms with Crippen molar-refractivity contribution in [3.63, 3.8) is 0 Å². The Kier molecular flexibility index (Phi) is 3.78. The summed E-state index contributed by atoms with van der Waals surface area (Å²) in [6, 6.07) is 2.03. The summed E-state index contributed by atoms with van der Waals surface area (Å²) in [6.45, 7) is 5.67. The number of ether oxygens (including phenoxy) is 1. The first-order valence-electron chi connectivity index (χ1n) is 7.55. The van der Waals surface area contributed by atoms with Crippen LogP contribution in [0.15, 0.2) is 10.6 Å². The summed E-state index contributed by atoms with van der Waals surface area (Å²) in [4.78, 5) is 14.4. The van der Waals surface area contributed by atoms with Gasteiger partial charge in [-0.15, -0.1) is 0 Å². The van der Waals surface area contributed by atoms with Crippen LogP contribution in [0, 0.1) is 0 Å². The Balaban J connectivity index is 1.75. The predicted molar refractivity (Wildman–Crippen MR) is 73.3 cm³/mol. The lowest BCUT2D eigenvalue weighted by atomic mass is 10.1. The van der Waals surface area contributed by atoms with Crippen molar-refractivity contribution in [2.45, 2.75) is 57.6 Å². The zero-order valence-electron chi connectivity index (χ0n) is 12.2. The summed E-state index contributed by atoms with van der Waals surface area (Å²) in [7, 11) is 0. The second-order valence-corrected chi connectivity index (χ2v) is 6.00. The fourth-order valence-corrected chi connectivity index (χ4v) is 3.02. The van der Waals surface area contributed by atoms with Crippen LogP contribution in [0.1, 0.15) is 62.9 Å². The van der Waals surface area contributed by atoms with E-state index in [1.807, 2.05) is 11.0 Å². The number of carbonyl (C=O) groups excluding carboxylic acids is 1. The molecule has 0 N–H and O–H groups in total. The van der Waals surface area contributed by atoms with E-state index in [-0.39, 0.29) is 18.1 Å². The van der Waals surface area contributed by atoms with E-state index in [9.17, 15) is 4.79 Å². The molecule has 0 aliphatic carbocycles. The van der Waals surface area contributed by atoms with Gasteiger partial charge in [0.1, 0.15) is 6.10 Å². The molecule has 1 aromatic rings. The van der Waals surface area contributed by atoms with Gasteiger partial charge < -0.3 is 14.2 Å². The molecule has 110 valence electrons. The van der Waals surface area contributed by atoms with Crippen molar-refractivity contribution in [1.29, 1.82) is 0 Å². The van der Waals surface area contributed by atoms with Gasteiger partial charge in [-0.25, -0.2) is 0 Å². The molecule has 2 unspecified atom stereocenters. The summed E-state index contributed by atoms with van der Waals surface area (Å²) in [5.74, 6) is 1.28. The third kappa shape index (κ3) is 2.46. The minimum absolute atomic E-state index is 0.0340. The topological polar surface area (TPSA) is 55.6 Å². The van der Waals surface area contributed by atoms with Crippen molar-refractivity contribution < 1.29 is 14.1 Å². The highest BCUT2D eigenvalue weighted by Gasteiger charge is 2.37. The molecule has 0 spiro atoms. The van der Waals surface area contributed by atoms with Gasteiger partial charge in [-0.05, 0) is 31.6 Å². The largest absolute Gasteiger partial charge is 0.368 e. The summed E-state index contributed by atoms with van der Waals surface area (Å²) < 4.78 is 11.0. The Morgan fingerprint density at radius 2 is 2.25 bits per heavy atom. The summed E-state index contributed by atoms with van der Waals surface area (Å²) in [5, 5.41) is 4.11. The lowest BCUT2D eigenvalue weighted by Gasteiger charge is -2.25. The highest BCUT2D eigenvalue weighted by Crippen LogP contribution is 2.34. The Morgan fingerprint density at radius 3 is 2.90 bits per heavy atom. The molecule has 1 aromatic heterocycles. The number of likely N-dealkylation sites (tertiary alicyclic amines) is 1. The van der Waals surface area contributed by atoms with E-state index in [0.717, 1.165) is 43.7 Å². The fourth-order valence-electron chi connectivity index (χ4n) is 3.02. The second-order valence-electron chi connectivity index (χ2n) is 6.00. The molecule has 2 aliphatic rings.